The van der Waals surface area contributed by atoms with Gasteiger partial charge in [0.25, 0.3) is 0 Å². The molecule has 1 N–H and O–H groups in total. The molecule has 0 saturated carbocycles. The second-order valence-corrected chi connectivity index (χ2v) is 7.45. The topological polar surface area (TPSA) is 49.4 Å². The molecule has 1 fully saturated rings. The summed E-state index contributed by atoms with van der Waals surface area (Å²) in [6.45, 7) is 3.84. The van der Waals surface area contributed by atoms with E-state index in [2.05, 4.69) is 5.32 Å². The molecule has 2 aromatic carbocycles. The zero-order valence-electron chi connectivity index (χ0n) is 13.0. The van der Waals surface area contributed by atoms with Crippen LogP contribution in [-0.4, -0.2) is 38.4 Å². The summed E-state index contributed by atoms with van der Waals surface area (Å²) in [5.41, 5.74) is 1.94. The van der Waals surface area contributed by atoms with Crippen molar-refractivity contribution in [2.75, 3.05) is 19.6 Å². The van der Waals surface area contributed by atoms with Gasteiger partial charge in [0.2, 0.25) is 10.0 Å². The maximum Gasteiger partial charge on any atom is 0.243 e. The summed E-state index contributed by atoms with van der Waals surface area (Å²) in [6, 6.07) is 17.0. The number of rotatable bonds is 3. The Balaban J connectivity index is 0.00000192. The van der Waals surface area contributed by atoms with Crippen molar-refractivity contribution < 1.29 is 8.42 Å². The third kappa shape index (κ3) is 3.75. The summed E-state index contributed by atoms with van der Waals surface area (Å²) in [6.07, 6.45) is 0. The molecule has 4 nitrogen and oxygen atoms in total. The SMILES string of the molecule is C[C@@H]1CNCCN1S(=O)(=O)c1cccc(-c2ccccc2)c1.Cl. The van der Waals surface area contributed by atoms with Crippen LogP contribution in [0.2, 0.25) is 0 Å². The van der Waals surface area contributed by atoms with Crippen molar-refractivity contribution >= 4 is 22.4 Å². The van der Waals surface area contributed by atoms with Gasteiger partial charge in [-0.25, -0.2) is 8.42 Å². The highest BCUT2D eigenvalue weighted by atomic mass is 35.5. The van der Waals surface area contributed by atoms with Crippen LogP contribution in [0.1, 0.15) is 6.92 Å². The fourth-order valence-electron chi connectivity index (χ4n) is 2.78. The van der Waals surface area contributed by atoms with Gasteiger partial charge in [-0.05, 0) is 30.2 Å². The summed E-state index contributed by atoms with van der Waals surface area (Å²) in [5.74, 6) is 0. The molecule has 23 heavy (non-hydrogen) atoms. The van der Waals surface area contributed by atoms with Gasteiger partial charge in [0, 0.05) is 25.7 Å². The molecule has 3 rings (SSSR count). The van der Waals surface area contributed by atoms with Gasteiger partial charge in [-0.1, -0.05) is 42.5 Å². The van der Waals surface area contributed by atoms with Crippen molar-refractivity contribution in [3.05, 3.63) is 54.6 Å². The van der Waals surface area contributed by atoms with Crippen LogP contribution in [-0.2, 0) is 10.0 Å². The van der Waals surface area contributed by atoms with Crippen molar-refractivity contribution in [2.45, 2.75) is 17.9 Å². The Hall–Kier alpha value is -1.40. The Morgan fingerprint density at radius 1 is 1.04 bits per heavy atom. The summed E-state index contributed by atoms with van der Waals surface area (Å²) in [4.78, 5) is 0.364. The number of halogens is 1. The molecule has 1 saturated heterocycles. The van der Waals surface area contributed by atoms with Crippen LogP contribution in [0.15, 0.2) is 59.5 Å². The number of benzene rings is 2. The highest BCUT2D eigenvalue weighted by Crippen LogP contribution is 2.25. The molecule has 0 aliphatic carbocycles. The predicted octanol–water partition coefficient (Wildman–Crippen LogP) is 2.76. The van der Waals surface area contributed by atoms with E-state index in [1.807, 2.05) is 49.4 Å². The minimum absolute atomic E-state index is 0. The van der Waals surface area contributed by atoms with E-state index in [0.29, 0.717) is 24.5 Å². The maximum atomic E-state index is 12.9. The maximum absolute atomic E-state index is 12.9. The van der Waals surface area contributed by atoms with Gasteiger partial charge in [-0.2, -0.15) is 4.31 Å². The van der Waals surface area contributed by atoms with Crippen molar-refractivity contribution in [3.8, 4) is 11.1 Å². The van der Waals surface area contributed by atoms with Crippen LogP contribution in [0.4, 0.5) is 0 Å². The average Bonchev–Trinajstić information content (AvgIpc) is 2.56. The quantitative estimate of drug-likeness (QED) is 0.924. The molecular weight excluding hydrogens is 332 g/mol. The van der Waals surface area contributed by atoms with E-state index in [1.165, 1.54) is 0 Å². The fourth-order valence-corrected chi connectivity index (χ4v) is 4.46. The van der Waals surface area contributed by atoms with E-state index < -0.39 is 10.0 Å². The number of hydrogen-bond acceptors (Lipinski definition) is 3. The van der Waals surface area contributed by atoms with Crippen LogP contribution in [0, 0.1) is 0 Å². The zero-order chi connectivity index (χ0) is 15.6. The van der Waals surface area contributed by atoms with Gasteiger partial charge in [-0.15, -0.1) is 12.4 Å². The number of piperazine rings is 1. The Morgan fingerprint density at radius 2 is 1.74 bits per heavy atom. The van der Waals surface area contributed by atoms with Crippen molar-refractivity contribution in [1.29, 1.82) is 0 Å². The molecular formula is C17H21ClN2O2S. The standard InChI is InChI=1S/C17H20N2O2S.ClH/c1-14-13-18-10-11-19(14)22(20,21)17-9-5-8-16(12-17)15-6-3-2-4-7-15;/h2-9,12,14,18H,10-11,13H2,1H3;1H/t14-;/m1./s1. The third-order valence-electron chi connectivity index (χ3n) is 3.99. The van der Waals surface area contributed by atoms with Crippen molar-refractivity contribution in [2.24, 2.45) is 0 Å². The van der Waals surface area contributed by atoms with Crippen LogP contribution in [0.5, 0.6) is 0 Å². The molecule has 0 amide bonds. The first-order valence-corrected chi connectivity index (χ1v) is 8.91. The Labute approximate surface area is 144 Å². The largest absolute Gasteiger partial charge is 0.314 e. The Kier molecular flexibility index (Phi) is 5.81. The zero-order valence-corrected chi connectivity index (χ0v) is 14.6. The van der Waals surface area contributed by atoms with Crippen LogP contribution in [0.3, 0.4) is 0 Å². The van der Waals surface area contributed by atoms with Gasteiger partial charge in [-0.3, -0.25) is 0 Å². The number of hydrogen-bond donors (Lipinski definition) is 1. The highest BCUT2D eigenvalue weighted by Gasteiger charge is 2.30. The molecule has 1 heterocycles. The van der Waals surface area contributed by atoms with Crippen LogP contribution >= 0.6 is 12.4 Å². The molecule has 1 aliphatic heterocycles. The first-order chi connectivity index (χ1) is 10.6. The van der Waals surface area contributed by atoms with E-state index in [9.17, 15) is 8.42 Å². The summed E-state index contributed by atoms with van der Waals surface area (Å²) >= 11 is 0. The minimum atomic E-state index is -3.45. The van der Waals surface area contributed by atoms with Gasteiger partial charge in [0.1, 0.15) is 0 Å². The van der Waals surface area contributed by atoms with Crippen LogP contribution in [0.25, 0.3) is 11.1 Å². The molecule has 1 aliphatic rings. The minimum Gasteiger partial charge on any atom is -0.314 e. The predicted molar refractivity (Wildman–Crippen MR) is 95.3 cm³/mol. The second kappa shape index (κ2) is 7.45. The lowest BCUT2D eigenvalue weighted by atomic mass is 10.1. The molecule has 1 atom stereocenters. The molecule has 0 unspecified atom stereocenters. The smallest absolute Gasteiger partial charge is 0.243 e. The normalized spacial score (nSPS) is 19.1. The van der Waals surface area contributed by atoms with Gasteiger partial charge in [0.15, 0.2) is 0 Å². The Bertz CT molecular complexity index is 750. The summed E-state index contributed by atoms with van der Waals surface area (Å²) < 4.78 is 27.3. The van der Waals surface area contributed by atoms with E-state index in [0.717, 1.165) is 11.1 Å². The third-order valence-corrected chi connectivity index (χ3v) is 6.00. The summed E-state index contributed by atoms with van der Waals surface area (Å²) in [5, 5.41) is 3.22. The molecule has 2 aromatic rings. The number of nitrogens with one attached hydrogen (secondary N) is 1. The fraction of sp³-hybridized carbons (Fsp3) is 0.294. The van der Waals surface area contributed by atoms with Gasteiger partial charge in [0.05, 0.1) is 4.90 Å². The van der Waals surface area contributed by atoms with E-state index in [1.54, 1.807) is 16.4 Å². The molecule has 6 heteroatoms. The lowest BCUT2D eigenvalue weighted by Crippen LogP contribution is -2.52. The molecule has 0 bridgehead atoms. The highest BCUT2D eigenvalue weighted by molar-refractivity contribution is 7.89. The molecule has 0 radical (unpaired) electrons. The summed E-state index contributed by atoms with van der Waals surface area (Å²) in [7, 11) is -3.45. The molecule has 0 spiro atoms. The monoisotopic (exact) mass is 352 g/mol. The first-order valence-electron chi connectivity index (χ1n) is 7.47. The first kappa shape index (κ1) is 17.9. The van der Waals surface area contributed by atoms with Gasteiger partial charge < -0.3 is 5.32 Å². The molecule has 124 valence electrons. The van der Waals surface area contributed by atoms with Crippen molar-refractivity contribution in [1.82, 2.24) is 9.62 Å². The average molecular weight is 353 g/mol. The Morgan fingerprint density at radius 3 is 2.43 bits per heavy atom. The number of nitrogens with zero attached hydrogens (tertiary/aromatic N) is 1. The van der Waals surface area contributed by atoms with Gasteiger partial charge >= 0.3 is 0 Å². The van der Waals surface area contributed by atoms with Crippen LogP contribution < -0.4 is 5.32 Å². The number of sulfonamides is 1. The molecule has 0 aromatic heterocycles. The van der Waals surface area contributed by atoms with E-state index in [4.69, 9.17) is 0 Å². The lowest BCUT2D eigenvalue weighted by molar-refractivity contribution is 0.284. The van der Waals surface area contributed by atoms with Crippen molar-refractivity contribution in [3.63, 3.8) is 0 Å². The van der Waals surface area contributed by atoms with E-state index >= 15 is 0 Å². The lowest BCUT2D eigenvalue weighted by Gasteiger charge is -2.32. The second-order valence-electron chi connectivity index (χ2n) is 5.56. The van der Waals surface area contributed by atoms with E-state index in [-0.39, 0.29) is 18.4 Å².